The zero-order chi connectivity index (χ0) is 17.7. The molecule has 0 atom stereocenters. The average Bonchev–Trinajstić information content (AvgIpc) is 2.13. The standard InChI is InChI=1S/C2H8N2.4C2H3O2.Cu/c3-1-2-4;4*1-2(3)4;/h1-4H2;4*1H2,(H,3,4);/q;4*-1;. The van der Waals surface area contributed by atoms with Crippen LogP contribution >= 0.6 is 0 Å². The summed E-state index contributed by atoms with van der Waals surface area (Å²) in [5.74, 6) is -4.33. The molecule has 21 heavy (non-hydrogen) atoms. The average molecular weight is 360 g/mol. The second-order valence-corrected chi connectivity index (χ2v) is 2.15. The molecule has 0 saturated carbocycles. The zero-order valence-electron chi connectivity index (χ0n) is 11.1. The van der Waals surface area contributed by atoms with Crippen LogP contribution in [0.4, 0.5) is 0 Å². The molecular formula is C10H20CuN2O8-4. The first-order valence-electron chi connectivity index (χ1n) is 4.44. The molecule has 133 valence electrons. The minimum absolute atomic E-state index is 0. The minimum atomic E-state index is -1.08. The molecule has 0 fully saturated rings. The molecule has 0 saturated heterocycles. The smallest absolute Gasteiger partial charge is 0.161 e. The van der Waals surface area contributed by atoms with Crippen molar-refractivity contribution in [1.29, 1.82) is 0 Å². The number of hydrogen-bond acceptors (Lipinski definition) is 6. The van der Waals surface area contributed by atoms with Gasteiger partial charge in [0.1, 0.15) is 0 Å². The van der Waals surface area contributed by atoms with Gasteiger partial charge < -0.3 is 31.9 Å². The predicted molar refractivity (Wildman–Crippen MR) is 70.1 cm³/mol. The number of hydrogen-bond donors (Lipinski definition) is 6. The predicted octanol–water partition coefficient (Wildman–Crippen LogP) is -1.48. The van der Waals surface area contributed by atoms with Gasteiger partial charge in [-0.3, -0.25) is 46.9 Å². The number of carbonyl (C=O) groups is 4. The summed E-state index contributed by atoms with van der Waals surface area (Å²) in [4.78, 5) is 35.6. The summed E-state index contributed by atoms with van der Waals surface area (Å²) in [5.41, 5.74) is 9.81. The third-order valence-electron chi connectivity index (χ3n) is 0.167. The molecule has 0 heterocycles. The third kappa shape index (κ3) is 3080. The van der Waals surface area contributed by atoms with Gasteiger partial charge >= 0.3 is 0 Å². The number of carboxylic acids is 4. The number of nitrogens with two attached hydrogens (primary N) is 2. The van der Waals surface area contributed by atoms with E-state index in [1.165, 1.54) is 0 Å². The van der Waals surface area contributed by atoms with Crippen LogP contribution in [-0.2, 0) is 36.2 Å². The Balaban J connectivity index is -0.0000000331. The topological polar surface area (TPSA) is 201 Å². The molecule has 10 nitrogen and oxygen atoms in total. The molecule has 0 bridgehead atoms. The van der Waals surface area contributed by atoms with E-state index in [2.05, 4.69) is 27.7 Å². The molecule has 8 N–H and O–H groups in total. The van der Waals surface area contributed by atoms with E-state index < -0.39 is 23.9 Å². The summed E-state index contributed by atoms with van der Waals surface area (Å²) >= 11 is 0. The molecule has 0 rings (SSSR count). The fourth-order valence-electron chi connectivity index (χ4n) is 0. The van der Waals surface area contributed by atoms with Gasteiger partial charge in [-0.05, 0) is 0 Å². The molecule has 0 aromatic heterocycles. The molecule has 0 aliphatic rings. The van der Waals surface area contributed by atoms with Crippen molar-refractivity contribution < 1.29 is 56.7 Å². The van der Waals surface area contributed by atoms with Crippen LogP contribution in [0.2, 0.25) is 0 Å². The van der Waals surface area contributed by atoms with Crippen LogP contribution < -0.4 is 11.5 Å². The van der Waals surface area contributed by atoms with E-state index >= 15 is 0 Å². The van der Waals surface area contributed by atoms with Crippen molar-refractivity contribution in [2.24, 2.45) is 11.5 Å². The van der Waals surface area contributed by atoms with Crippen LogP contribution in [0.15, 0.2) is 0 Å². The first-order valence-corrected chi connectivity index (χ1v) is 4.44. The fraction of sp³-hybridized carbons (Fsp3) is 0.200. The maximum atomic E-state index is 8.89. The second kappa shape index (κ2) is 36.1. The van der Waals surface area contributed by atoms with E-state index in [1.54, 1.807) is 0 Å². The largest absolute Gasteiger partial charge is 0.503 e. The van der Waals surface area contributed by atoms with Crippen LogP contribution in [0.5, 0.6) is 0 Å². The van der Waals surface area contributed by atoms with E-state index in [-0.39, 0.29) is 17.1 Å². The molecule has 0 aromatic carbocycles. The van der Waals surface area contributed by atoms with Crippen LogP contribution in [-0.4, -0.2) is 57.4 Å². The van der Waals surface area contributed by atoms with Gasteiger partial charge in [-0.15, -0.1) is 0 Å². The Hall–Kier alpha value is -2.20. The number of carboxylic acid groups (broad SMARTS) is 4. The number of rotatable bonds is 1. The van der Waals surface area contributed by atoms with Crippen LogP contribution in [0.3, 0.4) is 0 Å². The van der Waals surface area contributed by atoms with Gasteiger partial charge in [-0.25, -0.2) is 0 Å². The van der Waals surface area contributed by atoms with Gasteiger partial charge in [0.15, 0.2) is 23.9 Å². The first-order chi connectivity index (χ1) is 8.84. The van der Waals surface area contributed by atoms with Gasteiger partial charge in [-0.1, -0.05) is 0 Å². The normalized spacial score (nSPS) is 6.00. The van der Waals surface area contributed by atoms with Crippen LogP contribution in [0, 0.1) is 27.7 Å². The monoisotopic (exact) mass is 359 g/mol. The zero-order valence-corrected chi connectivity index (χ0v) is 12.1. The second-order valence-electron chi connectivity index (χ2n) is 2.15. The van der Waals surface area contributed by atoms with Gasteiger partial charge in [0.05, 0.1) is 0 Å². The molecule has 1 radical (unpaired) electrons. The van der Waals surface area contributed by atoms with Gasteiger partial charge in [0.2, 0.25) is 0 Å². The summed E-state index contributed by atoms with van der Waals surface area (Å²) in [6.45, 7) is 11.4. The molecule has 11 heteroatoms. The summed E-state index contributed by atoms with van der Waals surface area (Å²) in [6.07, 6.45) is 0. The molecule has 0 aliphatic heterocycles. The Morgan fingerprint density at radius 1 is 0.619 bits per heavy atom. The van der Waals surface area contributed by atoms with Crippen molar-refractivity contribution in [3.8, 4) is 0 Å². The van der Waals surface area contributed by atoms with Crippen LogP contribution in [0.25, 0.3) is 0 Å². The van der Waals surface area contributed by atoms with Crippen molar-refractivity contribution in [2.75, 3.05) is 13.1 Å². The molecule has 0 spiro atoms. The van der Waals surface area contributed by atoms with E-state index in [9.17, 15) is 0 Å². The van der Waals surface area contributed by atoms with Crippen molar-refractivity contribution in [3.63, 3.8) is 0 Å². The van der Waals surface area contributed by atoms with Gasteiger partial charge in [-0.2, -0.15) is 0 Å². The molecule has 0 aliphatic carbocycles. The SMILES string of the molecule is NCCN.[CH2-]C(=O)O.[CH2-]C(=O)O.[CH2-]C(=O)O.[CH2-]C(=O)O.[Cu]. The van der Waals surface area contributed by atoms with Crippen molar-refractivity contribution in [1.82, 2.24) is 0 Å². The van der Waals surface area contributed by atoms with Crippen molar-refractivity contribution in [3.05, 3.63) is 27.7 Å². The van der Waals surface area contributed by atoms with E-state index in [4.69, 9.17) is 51.1 Å². The van der Waals surface area contributed by atoms with Crippen molar-refractivity contribution in [2.45, 2.75) is 0 Å². The molecule has 0 amide bonds. The molecular weight excluding hydrogens is 340 g/mol. The summed E-state index contributed by atoms with van der Waals surface area (Å²) in [5, 5.41) is 29.2. The van der Waals surface area contributed by atoms with E-state index in [1.807, 2.05) is 0 Å². The quantitative estimate of drug-likeness (QED) is 0.237. The Kier molecular flexibility index (Phi) is 62.5. The number of aliphatic carboxylic acids is 4. The van der Waals surface area contributed by atoms with Crippen LogP contribution in [0.1, 0.15) is 0 Å². The van der Waals surface area contributed by atoms with Gasteiger partial charge in [0, 0.05) is 30.2 Å². The minimum Gasteiger partial charge on any atom is -0.503 e. The van der Waals surface area contributed by atoms with E-state index in [0.29, 0.717) is 13.1 Å². The Labute approximate surface area is 133 Å². The van der Waals surface area contributed by atoms with Crippen molar-refractivity contribution >= 4 is 23.9 Å². The van der Waals surface area contributed by atoms with E-state index in [0.717, 1.165) is 0 Å². The fourth-order valence-corrected chi connectivity index (χ4v) is 0. The van der Waals surface area contributed by atoms with Gasteiger partial charge in [0.25, 0.3) is 0 Å². The first kappa shape index (κ1) is 36.4. The molecule has 0 unspecified atom stereocenters. The molecule has 0 aromatic rings. The Morgan fingerprint density at radius 2 is 0.667 bits per heavy atom. The Morgan fingerprint density at radius 3 is 0.667 bits per heavy atom. The summed E-state index contributed by atoms with van der Waals surface area (Å²) < 4.78 is 0. The third-order valence-corrected chi connectivity index (χ3v) is 0.167. The summed E-state index contributed by atoms with van der Waals surface area (Å²) in [7, 11) is 0. The maximum Gasteiger partial charge on any atom is 0.161 e. The summed E-state index contributed by atoms with van der Waals surface area (Å²) in [6, 6.07) is 0. The Bertz CT molecular complexity index is 195. The maximum absolute atomic E-state index is 8.89.